The highest BCUT2D eigenvalue weighted by atomic mass is 19.1. The second-order valence-electron chi connectivity index (χ2n) is 3.95. The lowest BCUT2D eigenvalue weighted by Gasteiger charge is -2.08. The van der Waals surface area contributed by atoms with E-state index in [-0.39, 0.29) is 23.0 Å². The summed E-state index contributed by atoms with van der Waals surface area (Å²) < 4.78 is 13.7. The highest BCUT2D eigenvalue weighted by Gasteiger charge is 2.13. The van der Waals surface area contributed by atoms with Crippen LogP contribution in [0.3, 0.4) is 0 Å². The Kier molecular flexibility index (Phi) is 3.33. The van der Waals surface area contributed by atoms with E-state index < -0.39 is 5.82 Å². The molecule has 1 amide bonds. The third-order valence-corrected chi connectivity index (χ3v) is 2.67. The SMILES string of the molecule is CNC(=O)c1ccc(-c2cc(N)ccc2F)c(N)n1. The highest BCUT2D eigenvalue weighted by Crippen LogP contribution is 2.28. The van der Waals surface area contributed by atoms with Gasteiger partial charge < -0.3 is 16.8 Å². The Morgan fingerprint density at radius 1 is 1.21 bits per heavy atom. The Labute approximate surface area is 109 Å². The maximum absolute atomic E-state index is 13.7. The van der Waals surface area contributed by atoms with Gasteiger partial charge in [0, 0.05) is 23.9 Å². The molecule has 0 atom stereocenters. The number of aromatic nitrogens is 1. The number of benzene rings is 1. The molecule has 19 heavy (non-hydrogen) atoms. The first-order valence-electron chi connectivity index (χ1n) is 5.57. The molecule has 0 saturated carbocycles. The van der Waals surface area contributed by atoms with E-state index in [1.54, 1.807) is 6.07 Å². The number of anilines is 2. The van der Waals surface area contributed by atoms with Gasteiger partial charge >= 0.3 is 0 Å². The van der Waals surface area contributed by atoms with E-state index >= 15 is 0 Å². The van der Waals surface area contributed by atoms with Gasteiger partial charge in [-0.3, -0.25) is 4.79 Å². The van der Waals surface area contributed by atoms with Crippen LogP contribution in [0.5, 0.6) is 0 Å². The second-order valence-corrected chi connectivity index (χ2v) is 3.95. The molecular formula is C13H13FN4O. The first kappa shape index (κ1) is 12.8. The van der Waals surface area contributed by atoms with Gasteiger partial charge in [-0.1, -0.05) is 0 Å². The molecule has 2 aromatic rings. The van der Waals surface area contributed by atoms with Gasteiger partial charge in [0.2, 0.25) is 0 Å². The standard InChI is InChI=1S/C13H13FN4O/c1-17-13(19)11-5-3-8(12(16)18-11)9-6-7(15)2-4-10(9)14/h2-6H,15H2,1H3,(H2,16,18)(H,17,19). The third-order valence-electron chi connectivity index (χ3n) is 2.67. The Bertz CT molecular complexity index is 643. The smallest absolute Gasteiger partial charge is 0.269 e. The molecule has 1 aromatic heterocycles. The summed E-state index contributed by atoms with van der Waals surface area (Å²) in [6.07, 6.45) is 0. The van der Waals surface area contributed by atoms with Crippen molar-refractivity contribution in [1.29, 1.82) is 0 Å². The normalized spacial score (nSPS) is 10.2. The number of hydrogen-bond acceptors (Lipinski definition) is 4. The van der Waals surface area contributed by atoms with Crippen LogP contribution in [-0.4, -0.2) is 17.9 Å². The molecule has 6 heteroatoms. The Balaban J connectivity index is 2.52. The van der Waals surface area contributed by atoms with Crippen molar-refractivity contribution in [1.82, 2.24) is 10.3 Å². The zero-order valence-corrected chi connectivity index (χ0v) is 10.3. The molecule has 0 fully saturated rings. The summed E-state index contributed by atoms with van der Waals surface area (Å²) >= 11 is 0. The van der Waals surface area contributed by atoms with Gasteiger partial charge in [0.15, 0.2) is 0 Å². The van der Waals surface area contributed by atoms with Crippen molar-refractivity contribution in [2.75, 3.05) is 18.5 Å². The average molecular weight is 260 g/mol. The molecule has 1 heterocycles. The van der Waals surface area contributed by atoms with Crippen LogP contribution >= 0.6 is 0 Å². The van der Waals surface area contributed by atoms with Gasteiger partial charge in [-0.2, -0.15) is 0 Å². The molecule has 2 rings (SSSR count). The van der Waals surface area contributed by atoms with Gasteiger partial charge in [0.1, 0.15) is 17.3 Å². The van der Waals surface area contributed by atoms with Crippen molar-refractivity contribution in [3.8, 4) is 11.1 Å². The maximum Gasteiger partial charge on any atom is 0.269 e. The fourth-order valence-corrected chi connectivity index (χ4v) is 1.71. The molecule has 0 spiro atoms. The number of nitrogens with two attached hydrogens (primary N) is 2. The van der Waals surface area contributed by atoms with Gasteiger partial charge in [-0.15, -0.1) is 0 Å². The molecule has 0 unspecified atom stereocenters. The summed E-state index contributed by atoms with van der Waals surface area (Å²) in [5.41, 5.74) is 12.6. The van der Waals surface area contributed by atoms with Crippen molar-refractivity contribution >= 4 is 17.4 Å². The van der Waals surface area contributed by atoms with Gasteiger partial charge in [0.25, 0.3) is 5.91 Å². The van der Waals surface area contributed by atoms with Crippen molar-refractivity contribution in [2.24, 2.45) is 0 Å². The minimum atomic E-state index is -0.449. The topological polar surface area (TPSA) is 94.0 Å². The van der Waals surface area contributed by atoms with E-state index in [9.17, 15) is 9.18 Å². The van der Waals surface area contributed by atoms with Gasteiger partial charge in [-0.25, -0.2) is 9.37 Å². The number of amides is 1. The molecule has 0 aliphatic carbocycles. The molecule has 0 aliphatic rings. The third kappa shape index (κ3) is 2.47. The summed E-state index contributed by atoms with van der Waals surface area (Å²) in [6, 6.07) is 7.22. The lowest BCUT2D eigenvalue weighted by Crippen LogP contribution is -2.19. The quantitative estimate of drug-likeness (QED) is 0.711. The van der Waals surface area contributed by atoms with Crippen LogP contribution in [0, 0.1) is 5.82 Å². The summed E-state index contributed by atoms with van der Waals surface area (Å²) in [5.74, 6) is -0.729. The highest BCUT2D eigenvalue weighted by molar-refractivity contribution is 5.93. The molecule has 0 bridgehead atoms. The van der Waals surface area contributed by atoms with Crippen molar-refractivity contribution < 1.29 is 9.18 Å². The van der Waals surface area contributed by atoms with Gasteiger partial charge in [-0.05, 0) is 30.3 Å². The van der Waals surface area contributed by atoms with Crippen LogP contribution in [0.25, 0.3) is 11.1 Å². The largest absolute Gasteiger partial charge is 0.399 e. The molecule has 0 saturated heterocycles. The first-order valence-corrected chi connectivity index (χ1v) is 5.57. The predicted octanol–water partition coefficient (Wildman–Crippen LogP) is 1.41. The van der Waals surface area contributed by atoms with E-state index in [0.717, 1.165) is 0 Å². The number of nitrogens with zero attached hydrogens (tertiary/aromatic N) is 1. The number of nitrogen functional groups attached to an aromatic ring is 2. The number of carbonyl (C=O) groups is 1. The van der Waals surface area contributed by atoms with E-state index in [0.29, 0.717) is 11.3 Å². The number of halogens is 1. The van der Waals surface area contributed by atoms with E-state index in [2.05, 4.69) is 10.3 Å². The van der Waals surface area contributed by atoms with E-state index in [4.69, 9.17) is 11.5 Å². The van der Waals surface area contributed by atoms with Crippen molar-refractivity contribution in [3.63, 3.8) is 0 Å². The van der Waals surface area contributed by atoms with Crippen molar-refractivity contribution in [3.05, 3.63) is 41.8 Å². The van der Waals surface area contributed by atoms with Crippen LogP contribution < -0.4 is 16.8 Å². The Morgan fingerprint density at radius 3 is 2.58 bits per heavy atom. The first-order chi connectivity index (χ1) is 9.02. The molecule has 98 valence electrons. The van der Waals surface area contributed by atoms with Crippen molar-refractivity contribution in [2.45, 2.75) is 0 Å². The Morgan fingerprint density at radius 2 is 1.95 bits per heavy atom. The van der Waals surface area contributed by atoms with Crippen LogP contribution in [0.15, 0.2) is 30.3 Å². The number of nitrogens with one attached hydrogen (secondary N) is 1. The summed E-state index contributed by atoms with van der Waals surface area (Å²) in [7, 11) is 1.49. The van der Waals surface area contributed by atoms with Crippen LogP contribution in [0.4, 0.5) is 15.9 Å². The molecule has 1 aromatic carbocycles. The molecular weight excluding hydrogens is 247 g/mol. The molecule has 0 aliphatic heterocycles. The predicted molar refractivity (Wildman–Crippen MR) is 71.8 cm³/mol. The van der Waals surface area contributed by atoms with E-state index in [1.165, 1.54) is 31.3 Å². The average Bonchev–Trinajstić information content (AvgIpc) is 2.41. The summed E-state index contributed by atoms with van der Waals surface area (Å²) in [4.78, 5) is 15.4. The lowest BCUT2D eigenvalue weighted by atomic mass is 10.0. The monoisotopic (exact) mass is 260 g/mol. The maximum atomic E-state index is 13.7. The van der Waals surface area contributed by atoms with E-state index in [1.807, 2.05) is 0 Å². The number of hydrogen-bond donors (Lipinski definition) is 3. The molecule has 0 radical (unpaired) electrons. The number of pyridine rings is 1. The minimum absolute atomic E-state index is 0.0746. The van der Waals surface area contributed by atoms with Gasteiger partial charge in [0.05, 0.1) is 0 Å². The fourth-order valence-electron chi connectivity index (χ4n) is 1.71. The van der Waals surface area contributed by atoms with Crippen LogP contribution in [0.1, 0.15) is 10.5 Å². The zero-order chi connectivity index (χ0) is 14.0. The van der Waals surface area contributed by atoms with Crippen LogP contribution in [-0.2, 0) is 0 Å². The minimum Gasteiger partial charge on any atom is -0.399 e. The lowest BCUT2D eigenvalue weighted by molar-refractivity contribution is 0.0958. The summed E-state index contributed by atoms with van der Waals surface area (Å²) in [6.45, 7) is 0. The zero-order valence-electron chi connectivity index (χ0n) is 10.3. The Hall–Kier alpha value is -2.63. The number of carbonyl (C=O) groups excluding carboxylic acids is 1. The number of rotatable bonds is 2. The second kappa shape index (κ2) is 4.93. The summed E-state index contributed by atoms with van der Waals surface area (Å²) in [5, 5.41) is 2.44. The molecule has 5 nitrogen and oxygen atoms in total. The molecule has 5 N–H and O–H groups in total. The van der Waals surface area contributed by atoms with Crippen LogP contribution in [0.2, 0.25) is 0 Å². The fraction of sp³-hybridized carbons (Fsp3) is 0.0769.